The van der Waals surface area contributed by atoms with Gasteiger partial charge in [0.2, 0.25) is 0 Å². The Morgan fingerprint density at radius 1 is 1.27 bits per heavy atom. The molecule has 0 atom stereocenters. The molecule has 0 aliphatic carbocycles. The largest absolute Gasteiger partial charge is 0.253 e. The van der Waals surface area contributed by atoms with Gasteiger partial charge in [-0.3, -0.25) is 4.98 Å². The molecule has 1 heterocycles. The second-order valence-electron chi connectivity index (χ2n) is 3.73. The highest BCUT2D eigenvalue weighted by atomic mass is 79.9. The quantitative estimate of drug-likeness (QED) is 0.767. The molecule has 0 fully saturated rings. The van der Waals surface area contributed by atoms with Crippen molar-refractivity contribution in [2.75, 3.05) is 5.33 Å². The first-order valence-electron chi connectivity index (χ1n) is 5.22. The zero-order valence-electron chi connectivity index (χ0n) is 8.83. The minimum Gasteiger partial charge on any atom is -0.253 e. The molecule has 0 spiro atoms. The second-order valence-corrected chi connectivity index (χ2v) is 4.53. The number of aromatic nitrogens is 1. The van der Waals surface area contributed by atoms with E-state index in [1.807, 2.05) is 6.07 Å². The SMILES string of the molecule is Cc1cc(CCCBr)c2ccccc2n1. The van der Waals surface area contributed by atoms with E-state index in [-0.39, 0.29) is 0 Å². The van der Waals surface area contributed by atoms with Gasteiger partial charge in [-0.1, -0.05) is 34.1 Å². The van der Waals surface area contributed by atoms with Gasteiger partial charge in [0.1, 0.15) is 0 Å². The summed E-state index contributed by atoms with van der Waals surface area (Å²) < 4.78 is 0. The third-order valence-corrected chi connectivity index (χ3v) is 3.07. The Morgan fingerprint density at radius 3 is 2.87 bits per heavy atom. The van der Waals surface area contributed by atoms with Gasteiger partial charge in [-0.05, 0) is 37.5 Å². The summed E-state index contributed by atoms with van der Waals surface area (Å²) in [7, 11) is 0. The first-order valence-corrected chi connectivity index (χ1v) is 6.34. The fourth-order valence-electron chi connectivity index (χ4n) is 1.86. The third kappa shape index (κ3) is 2.37. The average Bonchev–Trinajstić information content (AvgIpc) is 2.25. The number of halogens is 1. The number of benzene rings is 1. The molecule has 2 heteroatoms. The highest BCUT2D eigenvalue weighted by Crippen LogP contribution is 2.19. The average molecular weight is 264 g/mol. The third-order valence-electron chi connectivity index (χ3n) is 2.51. The van der Waals surface area contributed by atoms with Crippen LogP contribution in [0.1, 0.15) is 17.7 Å². The van der Waals surface area contributed by atoms with Crippen molar-refractivity contribution >= 4 is 26.8 Å². The van der Waals surface area contributed by atoms with Crippen LogP contribution in [0.4, 0.5) is 0 Å². The van der Waals surface area contributed by atoms with Gasteiger partial charge in [-0.2, -0.15) is 0 Å². The number of fused-ring (bicyclic) bond motifs is 1. The maximum atomic E-state index is 4.53. The van der Waals surface area contributed by atoms with Crippen LogP contribution in [-0.4, -0.2) is 10.3 Å². The molecule has 0 saturated carbocycles. The van der Waals surface area contributed by atoms with Gasteiger partial charge in [0.15, 0.2) is 0 Å². The monoisotopic (exact) mass is 263 g/mol. The molecule has 1 nitrogen and oxygen atoms in total. The van der Waals surface area contributed by atoms with E-state index in [0.717, 1.165) is 23.0 Å². The zero-order valence-corrected chi connectivity index (χ0v) is 10.4. The van der Waals surface area contributed by atoms with Crippen LogP contribution in [0.3, 0.4) is 0 Å². The molecular formula is C13H14BrN. The van der Waals surface area contributed by atoms with Crippen LogP contribution in [0.25, 0.3) is 10.9 Å². The van der Waals surface area contributed by atoms with Gasteiger partial charge in [0.25, 0.3) is 0 Å². The van der Waals surface area contributed by atoms with Crippen molar-refractivity contribution in [1.82, 2.24) is 4.98 Å². The minimum atomic E-state index is 1.06. The standard InChI is InChI=1S/C13H14BrN/c1-10-9-11(5-4-8-14)12-6-2-3-7-13(12)15-10/h2-3,6-7,9H,4-5,8H2,1H3. The lowest BCUT2D eigenvalue weighted by Crippen LogP contribution is -1.92. The number of nitrogens with zero attached hydrogens (tertiary/aromatic N) is 1. The first-order chi connectivity index (χ1) is 7.31. The number of para-hydroxylation sites is 1. The van der Waals surface area contributed by atoms with Gasteiger partial charge in [-0.15, -0.1) is 0 Å². The summed E-state index contributed by atoms with van der Waals surface area (Å²) in [5.41, 5.74) is 3.64. The molecule has 2 rings (SSSR count). The van der Waals surface area contributed by atoms with Crippen LogP contribution in [0.15, 0.2) is 30.3 Å². The summed E-state index contributed by atoms with van der Waals surface area (Å²) in [5, 5.41) is 2.35. The molecule has 0 unspecified atom stereocenters. The molecule has 0 amide bonds. The van der Waals surface area contributed by atoms with E-state index in [2.05, 4.69) is 52.1 Å². The molecule has 0 saturated heterocycles. The number of hydrogen-bond donors (Lipinski definition) is 0. The molecule has 1 aromatic carbocycles. The number of aryl methyl sites for hydroxylation is 2. The van der Waals surface area contributed by atoms with E-state index in [4.69, 9.17) is 0 Å². The first kappa shape index (κ1) is 10.6. The van der Waals surface area contributed by atoms with Gasteiger partial charge >= 0.3 is 0 Å². The molecule has 0 radical (unpaired) electrons. The molecular weight excluding hydrogens is 250 g/mol. The predicted molar refractivity (Wildman–Crippen MR) is 68.6 cm³/mol. The topological polar surface area (TPSA) is 12.9 Å². The van der Waals surface area contributed by atoms with Crippen LogP contribution in [0.2, 0.25) is 0 Å². The van der Waals surface area contributed by atoms with Crippen LogP contribution < -0.4 is 0 Å². The van der Waals surface area contributed by atoms with Crippen molar-refractivity contribution in [2.45, 2.75) is 19.8 Å². The summed E-state index contributed by atoms with van der Waals surface area (Å²) in [6.45, 7) is 2.06. The zero-order chi connectivity index (χ0) is 10.7. The summed E-state index contributed by atoms with van der Waals surface area (Å²) in [6.07, 6.45) is 2.29. The minimum absolute atomic E-state index is 1.06. The summed E-state index contributed by atoms with van der Waals surface area (Å²) >= 11 is 3.47. The smallest absolute Gasteiger partial charge is 0.0707 e. The van der Waals surface area contributed by atoms with Crippen LogP contribution in [-0.2, 0) is 6.42 Å². The van der Waals surface area contributed by atoms with Crippen molar-refractivity contribution in [3.8, 4) is 0 Å². The van der Waals surface area contributed by atoms with Crippen molar-refractivity contribution in [1.29, 1.82) is 0 Å². The fraction of sp³-hybridized carbons (Fsp3) is 0.308. The summed E-state index contributed by atoms with van der Waals surface area (Å²) in [6, 6.07) is 10.6. The van der Waals surface area contributed by atoms with E-state index in [1.54, 1.807) is 0 Å². The highest BCUT2D eigenvalue weighted by Gasteiger charge is 2.02. The van der Waals surface area contributed by atoms with Gasteiger partial charge < -0.3 is 0 Å². The fourth-order valence-corrected chi connectivity index (χ4v) is 2.14. The maximum Gasteiger partial charge on any atom is 0.0707 e. The van der Waals surface area contributed by atoms with Crippen molar-refractivity contribution in [3.05, 3.63) is 41.6 Å². The maximum absolute atomic E-state index is 4.53. The summed E-state index contributed by atoms with van der Waals surface area (Å²) in [4.78, 5) is 4.53. The lowest BCUT2D eigenvalue weighted by Gasteiger charge is -2.06. The Labute approximate surface area is 98.7 Å². The molecule has 2 aromatic rings. The molecule has 0 N–H and O–H groups in total. The van der Waals surface area contributed by atoms with Gasteiger partial charge in [-0.25, -0.2) is 0 Å². The van der Waals surface area contributed by atoms with Gasteiger partial charge in [0.05, 0.1) is 5.52 Å². The lowest BCUT2D eigenvalue weighted by atomic mass is 10.0. The normalized spacial score (nSPS) is 10.8. The van der Waals surface area contributed by atoms with Crippen LogP contribution in [0.5, 0.6) is 0 Å². The van der Waals surface area contributed by atoms with E-state index in [1.165, 1.54) is 17.4 Å². The number of pyridine rings is 1. The van der Waals surface area contributed by atoms with Gasteiger partial charge in [0, 0.05) is 16.4 Å². The lowest BCUT2D eigenvalue weighted by molar-refractivity contribution is 0.942. The molecule has 0 aliphatic rings. The predicted octanol–water partition coefficient (Wildman–Crippen LogP) is 3.87. The van der Waals surface area contributed by atoms with E-state index >= 15 is 0 Å². The van der Waals surface area contributed by atoms with Crippen molar-refractivity contribution in [2.24, 2.45) is 0 Å². The number of alkyl halides is 1. The second kappa shape index (κ2) is 4.75. The van der Waals surface area contributed by atoms with E-state index in [0.29, 0.717) is 0 Å². The van der Waals surface area contributed by atoms with E-state index < -0.39 is 0 Å². The Kier molecular flexibility index (Phi) is 3.37. The Hall–Kier alpha value is -0.890. The summed E-state index contributed by atoms with van der Waals surface area (Å²) in [5.74, 6) is 0. The molecule has 1 aromatic heterocycles. The Morgan fingerprint density at radius 2 is 2.07 bits per heavy atom. The molecule has 0 bridgehead atoms. The van der Waals surface area contributed by atoms with Crippen LogP contribution in [0, 0.1) is 6.92 Å². The Balaban J connectivity index is 2.50. The number of rotatable bonds is 3. The molecule has 0 aliphatic heterocycles. The molecule has 78 valence electrons. The molecule has 15 heavy (non-hydrogen) atoms. The Bertz CT molecular complexity index is 465. The van der Waals surface area contributed by atoms with Crippen molar-refractivity contribution < 1.29 is 0 Å². The van der Waals surface area contributed by atoms with Crippen molar-refractivity contribution in [3.63, 3.8) is 0 Å². The highest BCUT2D eigenvalue weighted by molar-refractivity contribution is 9.09. The van der Waals surface area contributed by atoms with E-state index in [9.17, 15) is 0 Å². The number of hydrogen-bond acceptors (Lipinski definition) is 1. The van der Waals surface area contributed by atoms with Crippen LogP contribution >= 0.6 is 15.9 Å².